The number of aromatic hydroxyl groups is 2. The van der Waals surface area contributed by atoms with Crippen molar-refractivity contribution in [2.45, 2.75) is 5.92 Å². The van der Waals surface area contributed by atoms with Crippen LogP contribution in [0.25, 0.3) is 0 Å². The lowest BCUT2D eigenvalue weighted by atomic mass is 9.98. The summed E-state index contributed by atoms with van der Waals surface area (Å²) in [6, 6.07) is 2.69. The van der Waals surface area contributed by atoms with E-state index in [9.17, 15) is 15.0 Å². The standard InChI is InChI=1S/C9H10BrNO4/c10-4-1-5(6(3-11)9(14)15)8(13)7(12)2-4/h1-2,6,12-13H,3,11H2,(H,14,15). The van der Waals surface area contributed by atoms with Crippen molar-refractivity contribution < 1.29 is 20.1 Å². The number of phenolic OH excluding ortho intramolecular Hbond substituents is 2. The smallest absolute Gasteiger partial charge is 0.312 e. The molecule has 5 N–H and O–H groups in total. The molecule has 0 saturated carbocycles. The van der Waals surface area contributed by atoms with Gasteiger partial charge in [0, 0.05) is 16.6 Å². The zero-order valence-corrected chi connectivity index (χ0v) is 9.23. The normalized spacial score (nSPS) is 12.4. The van der Waals surface area contributed by atoms with Gasteiger partial charge in [-0.2, -0.15) is 0 Å². The zero-order valence-electron chi connectivity index (χ0n) is 7.64. The molecule has 0 amide bonds. The highest BCUT2D eigenvalue weighted by Crippen LogP contribution is 2.36. The van der Waals surface area contributed by atoms with Gasteiger partial charge in [-0.25, -0.2) is 0 Å². The van der Waals surface area contributed by atoms with Crippen molar-refractivity contribution in [1.29, 1.82) is 0 Å². The molecule has 0 aliphatic rings. The number of nitrogens with two attached hydrogens (primary N) is 1. The first kappa shape index (κ1) is 11.8. The second kappa shape index (κ2) is 4.50. The number of aliphatic carboxylic acids is 1. The number of carboxylic acids is 1. The molecule has 0 heterocycles. The van der Waals surface area contributed by atoms with E-state index in [4.69, 9.17) is 10.8 Å². The number of hydrogen-bond donors (Lipinski definition) is 4. The Morgan fingerprint density at radius 2 is 2.07 bits per heavy atom. The van der Waals surface area contributed by atoms with Gasteiger partial charge < -0.3 is 21.1 Å². The van der Waals surface area contributed by atoms with E-state index in [1.807, 2.05) is 0 Å². The summed E-state index contributed by atoms with van der Waals surface area (Å²) in [7, 11) is 0. The molecule has 0 bridgehead atoms. The van der Waals surface area contributed by atoms with Crippen molar-refractivity contribution in [2.24, 2.45) is 5.73 Å². The van der Waals surface area contributed by atoms with Crippen LogP contribution in [0.3, 0.4) is 0 Å². The number of carbonyl (C=O) groups is 1. The topological polar surface area (TPSA) is 104 Å². The van der Waals surface area contributed by atoms with Gasteiger partial charge in [-0.15, -0.1) is 0 Å². The van der Waals surface area contributed by atoms with Gasteiger partial charge in [0.15, 0.2) is 11.5 Å². The Kier molecular flexibility index (Phi) is 3.54. The Morgan fingerprint density at radius 3 is 2.53 bits per heavy atom. The molecule has 0 radical (unpaired) electrons. The minimum atomic E-state index is -1.15. The Balaban J connectivity index is 3.28. The van der Waals surface area contributed by atoms with Gasteiger partial charge in [0.2, 0.25) is 0 Å². The summed E-state index contributed by atoms with van der Waals surface area (Å²) in [5.41, 5.74) is 5.38. The fraction of sp³-hybridized carbons (Fsp3) is 0.222. The molecule has 0 fully saturated rings. The number of halogens is 1. The maximum Gasteiger partial charge on any atom is 0.312 e. The summed E-state index contributed by atoms with van der Waals surface area (Å²) in [6.07, 6.45) is 0. The molecule has 0 spiro atoms. The van der Waals surface area contributed by atoms with Crippen molar-refractivity contribution in [3.8, 4) is 11.5 Å². The molecule has 6 heteroatoms. The number of hydrogen-bond acceptors (Lipinski definition) is 4. The minimum Gasteiger partial charge on any atom is -0.504 e. The second-order valence-corrected chi connectivity index (χ2v) is 3.90. The molecule has 1 rings (SSSR count). The van der Waals surface area contributed by atoms with Crippen LogP contribution >= 0.6 is 15.9 Å². The van der Waals surface area contributed by atoms with Crippen LogP contribution in [0.2, 0.25) is 0 Å². The summed E-state index contributed by atoms with van der Waals surface area (Å²) < 4.78 is 0.479. The molecular weight excluding hydrogens is 266 g/mol. The number of rotatable bonds is 3. The zero-order chi connectivity index (χ0) is 11.6. The van der Waals surface area contributed by atoms with Crippen LogP contribution in [0, 0.1) is 0 Å². The van der Waals surface area contributed by atoms with Crippen molar-refractivity contribution >= 4 is 21.9 Å². The maximum absolute atomic E-state index is 10.8. The van der Waals surface area contributed by atoms with E-state index in [0.29, 0.717) is 4.47 Å². The van der Waals surface area contributed by atoms with Crippen LogP contribution in [-0.2, 0) is 4.79 Å². The highest BCUT2D eigenvalue weighted by atomic mass is 79.9. The quantitative estimate of drug-likeness (QED) is 0.616. The van der Waals surface area contributed by atoms with Gasteiger partial charge in [-0.05, 0) is 12.1 Å². The van der Waals surface area contributed by atoms with E-state index in [1.54, 1.807) is 0 Å². The molecule has 0 aliphatic heterocycles. The molecule has 1 unspecified atom stereocenters. The first-order valence-electron chi connectivity index (χ1n) is 4.11. The van der Waals surface area contributed by atoms with Crippen LogP contribution in [0.4, 0.5) is 0 Å². The molecule has 0 saturated heterocycles. The molecule has 1 atom stereocenters. The lowest BCUT2D eigenvalue weighted by Crippen LogP contribution is -2.21. The highest BCUT2D eigenvalue weighted by Gasteiger charge is 2.23. The SMILES string of the molecule is NCC(C(=O)O)c1cc(Br)cc(O)c1O. The molecule has 5 nitrogen and oxygen atoms in total. The van der Waals surface area contributed by atoms with Crippen molar-refractivity contribution in [2.75, 3.05) is 6.54 Å². The van der Waals surface area contributed by atoms with Crippen molar-refractivity contribution in [3.05, 3.63) is 22.2 Å². The van der Waals surface area contributed by atoms with Crippen LogP contribution in [0.1, 0.15) is 11.5 Å². The highest BCUT2D eigenvalue weighted by molar-refractivity contribution is 9.10. The molecule has 0 aliphatic carbocycles. The first-order chi connectivity index (χ1) is 6.97. The third-order valence-corrected chi connectivity index (χ3v) is 2.45. The second-order valence-electron chi connectivity index (χ2n) is 2.99. The molecule has 82 valence electrons. The molecule has 1 aromatic carbocycles. The summed E-state index contributed by atoms with van der Waals surface area (Å²) in [4.78, 5) is 10.8. The minimum absolute atomic E-state index is 0.0943. The Bertz CT molecular complexity index is 394. The fourth-order valence-corrected chi connectivity index (χ4v) is 1.70. The van der Waals surface area contributed by atoms with E-state index < -0.39 is 17.6 Å². The van der Waals surface area contributed by atoms with Gasteiger partial charge in [0.1, 0.15) is 0 Å². The van der Waals surface area contributed by atoms with Crippen LogP contribution in [0.15, 0.2) is 16.6 Å². The van der Waals surface area contributed by atoms with E-state index in [2.05, 4.69) is 15.9 Å². The van der Waals surface area contributed by atoms with Gasteiger partial charge in [0.05, 0.1) is 5.92 Å². The first-order valence-corrected chi connectivity index (χ1v) is 4.91. The number of benzene rings is 1. The average Bonchev–Trinajstić information content (AvgIpc) is 2.13. The summed E-state index contributed by atoms with van der Waals surface area (Å²) in [6.45, 7) is -0.154. The largest absolute Gasteiger partial charge is 0.504 e. The monoisotopic (exact) mass is 275 g/mol. The van der Waals surface area contributed by atoms with Crippen LogP contribution < -0.4 is 5.73 Å². The van der Waals surface area contributed by atoms with E-state index in [0.717, 1.165) is 0 Å². The van der Waals surface area contributed by atoms with Gasteiger partial charge >= 0.3 is 5.97 Å². The lowest BCUT2D eigenvalue weighted by molar-refractivity contribution is -0.138. The Morgan fingerprint density at radius 1 is 1.47 bits per heavy atom. The molecular formula is C9H10BrNO4. The Labute approximate surface area is 94.3 Å². The third kappa shape index (κ3) is 2.40. The maximum atomic E-state index is 10.8. The fourth-order valence-electron chi connectivity index (χ4n) is 1.23. The van der Waals surface area contributed by atoms with E-state index in [-0.39, 0.29) is 17.9 Å². The van der Waals surface area contributed by atoms with Crippen LogP contribution in [-0.4, -0.2) is 27.8 Å². The number of phenols is 2. The third-order valence-electron chi connectivity index (χ3n) is 1.99. The van der Waals surface area contributed by atoms with Crippen molar-refractivity contribution in [3.63, 3.8) is 0 Å². The Hall–Kier alpha value is -1.27. The van der Waals surface area contributed by atoms with Crippen LogP contribution in [0.5, 0.6) is 11.5 Å². The summed E-state index contributed by atoms with van der Waals surface area (Å²) in [5, 5.41) is 27.6. The molecule has 0 aromatic heterocycles. The summed E-state index contributed by atoms with van der Waals surface area (Å²) >= 11 is 3.09. The predicted octanol–water partition coefficient (Wildman–Crippen LogP) is 0.987. The van der Waals surface area contributed by atoms with Gasteiger partial charge in [-0.3, -0.25) is 4.79 Å². The average molecular weight is 276 g/mol. The van der Waals surface area contributed by atoms with Gasteiger partial charge in [-0.1, -0.05) is 15.9 Å². The summed E-state index contributed by atoms with van der Waals surface area (Å²) in [5.74, 6) is -3.01. The number of carboxylic acid groups (broad SMARTS) is 1. The van der Waals surface area contributed by atoms with Gasteiger partial charge in [0.25, 0.3) is 0 Å². The molecule has 1 aromatic rings. The molecule has 15 heavy (non-hydrogen) atoms. The lowest BCUT2D eigenvalue weighted by Gasteiger charge is -2.13. The van der Waals surface area contributed by atoms with E-state index in [1.165, 1.54) is 12.1 Å². The van der Waals surface area contributed by atoms with E-state index >= 15 is 0 Å². The van der Waals surface area contributed by atoms with Crippen molar-refractivity contribution in [1.82, 2.24) is 0 Å². The predicted molar refractivity (Wildman–Crippen MR) is 56.9 cm³/mol.